The van der Waals surface area contributed by atoms with Crippen LogP contribution in [-0.2, 0) is 0 Å². The fourth-order valence-electron chi connectivity index (χ4n) is 1.29. The molecule has 0 saturated heterocycles. The molecule has 0 aliphatic heterocycles. The third kappa shape index (κ3) is 3.10. The highest BCUT2D eigenvalue weighted by molar-refractivity contribution is 8.45. The summed E-state index contributed by atoms with van der Waals surface area (Å²) in [5, 5.41) is 0. The van der Waals surface area contributed by atoms with Crippen molar-refractivity contribution in [3.8, 4) is 0 Å². The summed E-state index contributed by atoms with van der Waals surface area (Å²) in [7, 11) is -9.50. The molecular formula is C10H13F5S. The molecule has 0 aliphatic carbocycles. The second-order valence-electron chi connectivity index (χ2n) is 3.85. The van der Waals surface area contributed by atoms with E-state index in [1.165, 1.54) is 0 Å². The van der Waals surface area contributed by atoms with E-state index < -0.39 is 15.1 Å². The Kier molecular flexibility index (Phi) is 2.59. The van der Waals surface area contributed by atoms with Crippen molar-refractivity contribution in [2.75, 3.05) is 0 Å². The van der Waals surface area contributed by atoms with Gasteiger partial charge in [-0.3, -0.25) is 0 Å². The molecule has 0 bridgehead atoms. The van der Waals surface area contributed by atoms with Gasteiger partial charge in [0.05, 0.1) is 0 Å². The lowest BCUT2D eigenvalue weighted by Gasteiger charge is -2.40. The van der Waals surface area contributed by atoms with Gasteiger partial charge < -0.3 is 0 Å². The molecule has 1 aromatic rings. The average molecular weight is 260 g/mol. The Bertz CT molecular complexity index is 377. The van der Waals surface area contributed by atoms with Gasteiger partial charge >= 0.3 is 10.2 Å². The van der Waals surface area contributed by atoms with Crippen LogP contribution in [0.1, 0.15) is 31.7 Å². The second-order valence-corrected chi connectivity index (χ2v) is 6.26. The number of rotatable bonds is 3. The van der Waals surface area contributed by atoms with Crippen LogP contribution in [0.5, 0.6) is 0 Å². The topological polar surface area (TPSA) is 0 Å². The highest BCUT2D eigenvalue weighted by Crippen LogP contribution is 3.02. The zero-order chi connectivity index (χ0) is 12.7. The SMILES string of the molecule is CCC(C)c1ccc(S(F)(F)(F)(F)F)cc1. The summed E-state index contributed by atoms with van der Waals surface area (Å²) in [4.78, 5) is -1.83. The third-order valence-corrected chi connectivity index (χ3v) is 3.67. The molecule has 0 aromatic heterocycles. The van der Waals surface area contributed by atoms with E-state index >= 15 is 0 Å². The van der Waals surface area contributed by atoms with Crippen LogP contribution >= 0.6 is 10.2 Å². The van der Waals surface area contributed by atoms with E-state index in [9.17, 15) is 19.4 Å². The average Bonchev–Trinajstić information content (AvgIpc) is 2.13. The fourth-order valence-corrected chi connectivity index (χ4v) is 1.94. The summed E-state index contributed by atoms with van der Waals surface area (Å²) >= 11 is 0. The van der Waals surface area contributed by atoms with Crippen molar-refractivity contribution in [3.63, 3.8) is 0 Å². The molecule has 0 spiro atoms. The van der Waals surface area contributed by atoms with Gasteiger partial charge in [0.1, 0.15) is 4.90 Å². The number of hydrogen-bond acceptors (Lipinski definition) is 0. The first-order chi connectivity index (χ1) is 6.94. The maximum absolute atomic E-state index is 12.4. The fraction of sp³-hybridized carbons (Fsp3) is 0.400. The Morgan fingerprint density at radius 3 is 1.75 bits per heavy atom. The van der Waals surface area contributed by atoms with Crippen molar-refractivity contribution in [2.45, 2.75) is 31.1 Å². The number of hydrogen-bond donors (Lipinski definition) is 0. The van der Waals surface area contributed by atoms with Gasteiger partial charge in [-0.1, -0.05) is 45.4 Å². The summed E-state index contributed by atoms with van der Waals surface area (Å²) < 4.78 is 61.8. The number of benzene rings is 1. The minimum atomic E-state index is -9.50. The predicted octanol–water partition coefficient (Wildman–Crippen LogP) is 5.86. The summed E-state index contributed by atoms with van der Waals surface area (Å²) in [6, 6.07) is 3.15. The van der Waals surface area contributed by atoms with Gasteiger partial charge in [-0.15, -0.1) is 0 Å². The summed E-state index contributed by atoms with van der Waals surface area (Å²) in [5.74, 6) is 0.0626. The quantitative estimate of drug-likeness (QED) is 0.597. The van der Waals surface area contributed by atoms with E-state index in [1.807, 2.05) is 13.8 Å². The Morgan fingerprint density at radius 2 is 1.44 bits per heavy atom. The minimum absolute atomic E-state index is 0.0626. The lowest BCUT2D eigenvalue weighted by atomic mass is 9.99. The Labute approximate surface area is 91.2 Å². The molecule has 0 radical (unpaired) electrons. The van der Waals surface area contributed by atoms with Crippen LogP contribution in [0.15, 0.2) is 29.2 Å². The Balaban J connectivity index is 3.16. The summed E-state index contributed by atoms with van der Waals surface area (Å²) in [6.07, 6.45) is 0.746. The Morgan fingerprint density at radius 1 is 1.00 bits per heavy atom. The molecule has 0 amide bonds. The van der Waals surface area contributed by atoms with Crippen molar-refractivity contribution in [3.05, 3.63) is 29.8 Å². The van der Waals surface area contributed by atoms with Gasteiger partial charge in [-0.2, -0.15) is 0 Å². The van der Waals surface area contributed by atoms with Gasteiger partial charge in [0.25, 0.3) is 0 Å². The largest absolute Gasteiger partial charge is 0.310 e. The smallest absolute Gasteiger partial charge is 0.0936 e. The van der Waals surface area contributed by atoms with Crippen molar-refractivity contribution in [1.29, 1.82) is 0 Å². The molecule has 0 nitrogen and oxygen atoms in total. The van der Waals surface area contributed by atoms with Gasteiger partial charge in [0.15, 0.2) is 0 Å². The summed E-state index contributed by atoms with van der Waals surface area (Å²) in [6.45, 7) is 3.71. The van der Waals surface area contributed by atoms with E-state index in [4.69, 9.17) is 0 Å². The molecular weight excluding hydrogens is 247 g/mol. The number of halogens is 5. The molecule has 1 unspecified atom stereocenters. The van der Waals surface area contributed by atoms with Crippen molar-refractivity contribution in [2.24, 2.45) is 0 Å². The van der Waals surface area contributed by atoms with Crippen LogP contribution in [0.25, 0.3) is 0 Å². The lowest BCUT2D eigenvalue weighted by Crippen LogP contribution is -2.06. The van der Waals surface area contributed by atoms with Crippen molar-refractivity contribution >= 4 is 10.2 Å². The molecule has 1 rings (SSSR count). The van der Waals surface area contributed by atoms with Crippen LogP contribution in [-0.4, -0.2) is 0 Å². The van der Waals surface area contributed by atoms with Gasteiger partial charge in [-0.25, -0.2) is 0 Å². The summed E-state index contributed by atoms with van der Waals surface area (Å²) in [5.41, 5.74) is 0.633. The first-order valence-corrected chi connectivity index (χ1v) is 6.73. The maximum atomic E-state index is 12.4. The molecule has 94 valence electrons. The molecule has 1 aromatic carbocycles. The molecule has 16 heavy (non-hydrogen) atoms. The highest BCUT2D eigenvalue weighted by Gasteiger charge is 2.65. The minimum Gasteiger partial charge on any atom is -0.0936 e. The third-order valence-electron chi connectivity index (χ3n) is 2.51. The van der Waals surface area contributed by atoms with Crippen molar-refractivity contribution in [1.82, 2.24) is 0 Å². The van der Waals surface area contributed by atoms with Gasteiger partial charge in [0, 0.05) is 0 Å². The normalized spacial score (nSPS) is 18.7. The van der Waals surface area contributed by atoms with E-state index in [-0.39, 0.29) is 5.92 Å². The van der Waals surface area contributed by atoms with Crippen LogP contribution in [0.4, 0.5) is 19.4 Å². The first kappa shape index (κ1) is 13.3. The molecule has 0 fully saturated rings. The highest BCUT2D eigenvalue weighted by atomic mass is 32.5. The molecule has 1 atom stereocenters. The zero-order valence-corrected chi connectivity index (χ0v) is 9.71. The van der Waals surface area contributed by atoms with Crippen LogP contribution in [0.3, 0.4) is 0 Å². The Hall–Kier alpha value is -0.780. The van der Waals surface area contributed by atoms with Crippen LogP contribution in [0.2, 0.25) is 0 Å². The molecule has 0 heterocycles. The maximum Gasteiger partial charge on any atom is 0.310 e. The van der Waals surface area contributed by atoms with E-state index in [0.29, 0.717) is 17.7 Å². The molecule has 0 N–H and O–H groups in total. The standard InChI is InChI=1S/C10H13F5S/c1-3-8(2)9-4-6-10(7-5-9)16(11,12,13,14)15/h4-8H,3H2,1-2H3. The zero-order valence-electron chi connectivity index (χ0n) is 8.89. The van der Waals surface area contributed by atoms with Gasteiger partial charge in [-0.05, 0) is 30.0 Å². The van der Waals surface area contributed by atoms with Crippen LogP contribution in [0, 0.1) is 0 Å². The van der Waals surface area contributed by atoms with Crippen molar-refractivity contribution < 1.29 is 19.4 Å². The predicted molar refractivity (Wildman–Crippen MR) is 56.5 cm³/mol. The first-order valence-electron chi connectivity index (χ1n) is 4.78. The molecule has 0 saturated carbocycles. The van der Waals surface area contributed by atoms with E-state index in [2.05, 4.69) is 0 Å². The molecule has 0 aliphatic rings. The second kappa shape index (κ2) is 3.12. The monoisotopic (exact) mass is 260 g/mol. The van der Waals surface area contributed by atoms with Gasteiger partial charge in [0.2, 0.25) is 0 Å². The van der Waals surface area contributed by atoms with Crippen LogP contribution < -0.4 is 0 Å². The van der Waals surface area contributed by atoms with E-state index in [0.717, 1.165) is 18.6 Å². The lowest BCUT2D eigenvalue weighted by molar-refractivity contribution is 0.364. The molecule has 6 heteroatoms. The van der Waals surface area contributed by atoms with E-state index in [1.54, 1.807) is 0 Å².